The van der Waals surface area contributed by atoms with Crippen LogP contribution in [0.1, 0.15) is 33.2 Å². The van der Waals surface area contributed by atoms with Crippen molar-refractivity contribution in [2.24, 2.45) is 0 Å². The lowest BCUT2D eigenvalue weighted by Gasteiger charge is -2.26. The minimum atomic E-state index is -0.606. The molecule has 0 bridgehead atoms. The van der Waals surface area contributed by atoms with Crippen molar-refractivity contribution in [3.63, 3.8) is 0 Å². The maximum atomic E-state index is 13.0. The Hall–Kier alpha value is -4.07. The van der Waals surface area contributed by atoms with Crippen LogP contribution in [0.25, 0.3) is 0 Å². The summed E-state index contributed by atoms with van der Waals surface area (Å²) < 4.78 is 13.3. The number of hydrogen-bond donors (Lipinski definition) is 2. The van der Waals surface area contributed by atoms with Gasteiger partial charge < -0.3 is 24.7 Å². The van der Waals surface area contributed by atoms with Gasteiger partial charge in [0.1, 0.15) is 23.8 Å². The SMILES string of the molecule is CCNC(=O)c1cn(CCc2ccccc2)cc(C(=O)NCC2COc3ccccc3O2)c1=O. The van der Waals surface area contributed by atoms with Crippen molar-refractivity contribution >= 4 is 11.8 Å². The monoisotopic (exact) mass is 461 g/mol. The van der Waals surface area contributed by atoms with Gasteiger partial charge in [-0.15, -0.1) is 0 Å². The molecule has 1 aliphatic rings. The van der Waals surface area contributed by atoms with Crippen molar-refractivity contribution in [2.45, 2.75) is 26.0 Å². The van der Waals surface area contributed by atoms with Gasteiger partial charge in [-0.05, 0) is 31.0 Å². The Morgan fingerprint density at radius 3 is 2.29 bits per heavy atom. The van der Waals surface area contributed by atoms with E-state index in [4.69, 9.17) is 9.47 Å². The first-order valence-electron chi connectivity index (χ1n) is 11.3. The lowest BCUT2D eigenvalue weighted by molar-refractivity contribution is 0.0788. The second-order valence-corrected chi connectivity index (χ2v) is 7.96. The number of nitrogens with zero attached hydrogens (tertiary/aromatic N) is 1. The molecule has 1 atom stereocenters. The van der Waals surface area contributed by atoms with Crippen LogP contribution in [-0.4, -0.2) is 42.2 Å². The maximum absolute atomic E-state index is 13.0. The highest BCUT2D eigenvalue weighted by Crippen LogP contribution is 2.30. The highest BCUT2D eigenvalue weighted by molar-refractivity contribution is 5.99. The van der Waals surface area contributed by atoms with E-state index in [9.17, 15) is 14.4 Å². The van der Waals surface area contributed by atoms with E-state index < -0.39 is 23.3 Å². The lowest BCUT2D eigenvalue weighted by Crippen LogP contribution is -2.42. The Kier molecular flexibility index (Phi) is 7.27. The zero-order valence-corrected chi connectivity index (χ0v) is 19.0. The fourth-order valence-corrected chi connectivity index (χ4v) is 3.71. The van der Waals surface area contributed by atoms with Crippen LogP contribution in [-0.2, 0) is 13.0 Å². The summed E-state index contributed by atoms with van der Waals surface area (Å²) in [6.07, 6.45) is 3.29. The van der Waals surface area contributed by atoms with Crippen LogP contribution in [0.2, 0.25) is 0 Å². The van der Waals surface area contributed by atoms with Gasteiger partial charge >= 0.3 is 0 Å². The van der Waals surface area contributed by atoms with Gasteiger partial charge in [0.2, 0.25) is 5.43 Å². The van der Waals surface area contributed by atoms with E-state index in [0.717, 1.165) is 5.56 Å². The smallest absolute Gasteiger partial charge is 0.256 e. The van der Waals surface area contributed by atoms with Crippen LogP contribution in [0, 0.1) is 0 Å². The summed E-state index contributed by atoms with van der Waals surface area (Å²) in [7, 11) is 0. The van der Waals surface area contributed by atoms with E-state index >= 15 is 0 Å². The molecule has 0 aliphatic carbocycles. The number of benzene rings is 2. The van der Waals surface area contributed by atoms with E-state index in [0.29, 0.717) is 31.0 Å². The van der Waals surface area contributed by atoms with Crippen LogP contribution in [0.4, 0.5) is 0 Å². The molecule has 4 rings (SSSR count). The number of ether oxygens (including phenoxy) is 2. The number of rotatable bonds is 8. The van der Waals surface area contributed by atoms with Gasteiger partial charge in [-0.1, -0.05) is 42.5 Å². The van der Waals surface area contributed by atoms with E-state index in [2.05, 4.69) is 10.6 Å². The molecule has 8 nitrogen and oxygen atoms in total. The fraction of sp³-hybridized carbons (Fsp3) is 0.269. The second-order valence-electron chi connectivity index (χ2n) is 7.96. The van der Waals surface area contributed by atoms with Crippen molar-refractivity contribution in [3.05, 3.63) is 93.9 Å². The third-order valence-electron chi connectivity index (χ3n) is 5.46. The zero-order valence-electron chi connectivity index (χ0n) is 19.0. The Morgan fingerprint density at radius 1 is 0.941 bits per heavy atom. The van der Waals surface area contributed by atoms with Crippen molar-refractivity contribution < 1.29 is 19.1 Å². The number of aromatic nitrogens is 1. The molecular formula is C26H27N3O5. The number of fused-ring (bicyclic) bond motifs is 1. The van der Waals surface area contributed by atoms with Crippen molar-refractivity contribution in [3.8, 4) is 11.5 Å². The summed E-state index contributed by atoms with van der Waals surface area (Å²) >= 11 is 0. The number of amides is 2. The average Bonchev–Trinajstić information content (AvgIpc) is 2.87. The minimum absolute atomic E-state index is 0.0614. The fourth-order valence-electron chi connectivity index (χ4n) is 3.71. The molecular weight excluding hydrogens is 434 g/mol. The number of carbonyl (C=O) groups is 2. The van der Waals surface area contributed by atoms with Crippen LogP contribution in [0.3, 0.4) is 0 Å². The molecule has 0 spiro atoms. The van der Waals surface area contributed by atoms with E-state index in [-0.39, 0.29) is 24.3 Å². The Labute approximate surface area is 197 Å². The molecule has 1 aromatic heterocycles. The quantitative estimate of drug-likeness (QED) is 0.537. The highest BCUT2D eigenvalue weighted by atomic mass is 16.6. The van der Waals surface area contributed by atoms with Gasteiger partial charge in [-0.25, -0.2) is 0 Å². The molecule has 1 aliphatic heterocycles. The number of hydrogen-bond acceptors (Lipinski definition) is 5. The molecule has 1 unspecified atom stereocenters. The predicted molar refractivity (Wildman–Crippen MR) is 128 cm³/mol. The summed E-state index contributed by atoms with van der Waals surface area (Å²) in [5.41, 5.74) is 0.356. The minimum Gasteiger partial charge on any atom is -0.486 e. The van der Waals surface area contributed by atoms with Crippen molar-refractivity contribution in [2.75, 3.05) is 19.7 Å². The third kappa shape index (κ3) is 5.46. The first-order chi connectivity index (χ1) is 16.5. The van der Waals surface area contributed by atoms with E-state index in [1.165, 1.54) is 12.4 Å². The van der Waals surface area contributed by atoms with Gasteiger partial charge in [-0.3, -0.25) is 14.4 Å². The average molecular weight is 462 g/mol. The largest absolute Gasteiger partial charge is 0.486 e. The molecule has 2 N–H and O–H groups in total. The highest BCUT2D eigenvalue weighted by Gasteiger charge is 2.23. The molecule has 34 heavy (non-hydrogen) atoms. The van der Waals surface area contributed by atoms with Crippen LogP contribution in [0.5, 0.6) is 11.5 Å². The van der Waals surface area contributed by atoms with Gasteiger partial charge in [0.05, 0.1) is 6.54 Å². The topological polar surface area (TPSA) is 98.7 Å². The normalized spacial score (nSPS) is 14.3. The molecule has 0 fully saturated rings. The number of carbonyl (C=O) groups excluding carboxylic acids is 2. The van der Waals surface area contributed by atoms with Crippen LogP contribution < -0.4 is 25.5 Å². The molecule has 2 heterocycles. The van der Waals surface area contributed by atoms with Crippen LogP contribution in [0.15, 0.2) is 71.8 Å². The summed E-state index contributed by atoms with van der Waals surface area (Å²) in [4.78, 5) is 38.4. The predicted octanol–water partition coefficient (Wildman–Crippen LogP) is 2.41. The molecule has 0 saturated heterocycles. The standard InChI is InChI=1S/C26H27N3O5/c1-2-27-25(31)20-15-29(13-12-18-8-4-3-5-9-18)16-21(24(20)30)26(32)28-14-19-17-33-22-10-6-7-11-23(22)34-19/h3-11,15-16,19H,2,12-14,17H2,1H3,(H,27,31)(H,28,32). The first kappa shape index (κ1) is 23.1. The Balaban J connectivity index is 1.50. The van der Waals surface area contributed by atoms with E-state index in [1.807, 2.05) is 48.5 Å². The van der Waals surface area contributed by atoms with Gasteiger partial charge in [-0.2, -0.15) is 0 Å². The summed E-state index contributed by atoms with van der Waals surface area (Å²) in [5, 5.41) is 5.39. The Morgan fingerprint density at radius 2 is 1.59 bits per heavy atom. The number of aryl methyl sites for hydroxylation is 2. The van der Waals surface area contributed by atoms with E-state index in [1.54, 1.807) is 17.6 Å². The second kappa shape index (κ2) is 10.7. The number of pyridine rings is 1. The summed E-state index contributed by atoms with van der Waals surface area (Å²) in [6, 6.07) is 17.2. The van der Waals surface area contributed by atoms with Crippen LogP contribution >= 0.6 is 0 Å². The zero-order chi connectivity index (χ0) is 23.9. The summed E-state index contributed by atoms with van der Waals surface area (Å²) in [5.74, 6) is 0.193. The molecule has 0 saturated carbocycles. The number of para-hydroxylation sites is 2. The Bertz CT molecular complexity index is 1220. The molecule has 2 amide bonds. The third-order valence-corrected chi connectivity index (χ3v) is 5.46. The first-order valence-corrected chi connectivity index (χ1v) is 11.3. The summed E-state index contributed by atoms with van der Waals surface area (Å²) in [6.45, 7) is 3.08. The van der Waals surface area contributed by atoms with Crippen molar-refractivity contribution in [1.82, 2.24) is 15.2 Å². The van der Waals surface area contributed by atoms with Gasteiger partial charge in [0, 0.05) is 25.5 Å². The number of nitrogens with one attached hydrogen (secondary N) is 2. The van der Waals surface area contributed by atoms with Gasteiger partial charge in [0.25, 0.3) is 11.8 Å². The maximum Gasteiger partial charge on any atom is 0.256 e. The lowest BCUT2D eigenvalue weighted by atomic mass is 10.1. The molecule has 0 radical (unpaired) electrons. The van der Waals surface area contributed by atoms with Gasteiger partial charge in [0.15, 0.2) is 11.5 Å². The molecule has 8 heteroatoms. The molecule has 176 valence electrons. The van der Waals surface area contributed by atoms with Crippen molar-refractivity contribution in [1.29, 1.82) is 0 Å². The molecule has 2 aromatic carbocycles. The molecule has 3 aromatic rings.